The summed E-state index contributed by atoms with van der Waals surface area (Å²) in [7, 11) is -1.62. The number of halogens is 2. The fraction of sp³-hybridized carbons (Fsp3) is 0.278. The van der Waals surface area contributed by atoms with Gasteiger partial charge < -0.3 is 19.7 Å². The van der Waals surface area contributed by atoms with Crippen LogP contribution in [0.25, 0.3) is 0 Å². The minimum Gasteiger partial charge on any atom is -0.493 e. The largest absolute Gasteiger partial charge is 0.493 e. The van der Waals surface area contributed by atoms with Crippen molar-refractivity contribution < 1.29 is 31.9 Å². The van der Waals surface area contributed by atoms with Gasteiger partial charge in [-0.3, -0.25) is 13.9 Å². The molecule has 2 amide bonds. The predicted octanol–water partition coefficient (Wildman–Crippen LogP) is 6.36. The molecule has 12 heteroatoms. The maximum Gasteiger partial charge on any atom is 0.264 e. The summed E-state index contributed by atoms with van der Waals surface area (Å²) in [6.07, 6.45) is 1.82. The molecule has 0 bridgehead atoms. The summed E-state index contributed by atoms with van der Waals surface area (Å²) in [6.45, 7) is 1.79. The molecule has 0 saturated heterocycles. The van der Waals surface area contributed by atoms with E-state index in [1.807, 2.05) is 61.5 Å². The molecule has 0 saturated carbocycles. The summed E-state index contributed by atoms with van der Waals surface area (Å²) in [5, 5.41) is 2.97. The van der Waals surface area contributed by atoms with Gasteiger partial charge in [-0.2, -0.15) is 0 Å². The van der Waals surface area contributed by atoms with Gasteiger partial charge in [0, 0.05) is 30.0 Å². The van der Waals surface area contributed by atoms with Crippen LogP contribution in [0, 0.1) is 5.82 Å². The Kier molecular flexibility index (Phi) is 13.0. The number of nitrogens with zero attached hydrogens (tertiary/aromatic N) is 2. The maximum absolute atomic E-state index is 14.5. The van der Waals surface area contributed by atoms with E-state index in [1.54, 1.807) is 0 Å². The summed E-state index contributed by atoms with van der Waals surface area (Å²) < 4.78 is 55.0. The van der Waals surface area contributed by atoms with Gasteiger partial charge in [-0.15, -0.1) is 0 Å². The molecule has 4 rings (SSSR count). The molecule has 1 N–H and O–H groups in total. The lowest BCUT2D eigenvalue weighted by molar-refractivity contribution is -0.140. The molecule has 1 unspecified atom stereocenters. The quantitative estimate of drug-likeness (QED) is 0.134. The van der Waals surface area contributed by atoms with Crippen LogP contribution in [0.15, 0.2) is 106 Å². The van der Waals surface area contributed by atoms with E-state index < -0.39 is 34.3 Å². The van der Waals surface area contributed by atoms with E-state index in [0.717, 1.165) is 44.9 Å². The molecule has 4 aromatic rings. The maximum atomic E-state index is 14.5. The highest BCUT2D eigenvalue weighted by atomic mass is 79.9. The number of sulfonamides is 1. The monoisotopic (exact) mass is 739 g/mol. The molecule has 0 aliphatic heterocycles. The molecule has 0 radical (unpaired) electrons. The second-order valence-corrected chi connectivity index (χ2v) is 13.8. The molecular weight excluding hydrogens is 701 g/mol. The lowest BCUT2D eigenvalue weighted by atomic mass is 10.0. The number of hydrogen-bond acceptors (Lipinski definition) is 6. The van der Waals surface area contributed by atoms with E-state index >= 15 is 0 Å². The van der Waals surface area contributed by atoms with Gasteiger partial charge >= 0.3 is 0 Å². The van der Waals surface area contributed by atoms with Crippen molar-refractivity contribution in [1.82, 2.24) is 10.2 Å². The van der Waals surface area contributed by atoms with Crippen molar-refractivity contribution in [2.24, 2.45) is 0 Å². The fourth-order valence-electron chi connectivity index (χ4n) is 5.09. The molecular formula is C36H39BrFN3O6S. The Labute approximate surface area is 289 Å². The van der Waals surface area contributed by atoms with E-state index in [9.17, 15) is 22.4 Å². The number of carbonyl (C=O) groups is 2. The Morgan fingerprint density at radius 2 is 1.54 bits per heavy atom. The van der Waals surface area contributed by atoms with Crippen molar-refractivity contribution in [2.75, 3.05) is 31.6 Å². The second kappa shape index (κ2) is 17.1. The Morgan fingerprint density at radius 1 is 0.875 bits per heavy atom. The third kappa shape index (κ3) is 9.35. The first-order valence-electron chi connectivity index (χ1n) is 15.4. The van der Waals surface area contributed by atoms with Crippen molar-refractivity contribution in [1.29, 1.82) is 0 Å². The zero-order valence-electron chi connectivity index (χ0n) is 27.1. The van der Waals surface area contributed by atoms with Gasteiger partial charge in [-0.05, 0) is 66.1 Å². The summed E-state index contributed by atoms with van der Waals surface area (Å²) in [5.41, 5.74) is 1.63. The summed E-state index contributed by atoms with van der Waals surface area (Å²) in [4.78, 5) is 29.6. The van der Waals surface area contributed by atoms with Crippen LogP contribution in [0.2, 0.25) is 0 Å². The van der Waals surface area contributed by atoms with Gasteiger partial charge in [-0.1, -0.05) is 71.7 Å². The minimum absolute atomic E-state index is 0.0263. The fourth-order valence-corrected chi connectivity index (χ4v) is 6.78. The van der Waals surface area contributed by atoms with Crippen molar-refractivity contribution in [3.05, 3.63) is 118 Å². The van der Waals surface area contributed by atoms with Crippen molar-refractivity contribution >= 4 is 43.5 Å². The Morgan fingerprint density at radius 3 is 2.17 bits per heavy atom. The first kappa shape index (κ1) is 36.4. The Bertz CT molecular complexity index is 1770. The average molecular weight is 741 g/mol. The third-order valence-electron chi connectivity index (χ3n) is 7.70. The minimum atomic E-state index is -4.43. The first-order chi connectivity index (χ1) is 23.1. The van der Waals surface area contributed by atoms with Gasteiger partial charge in [0.1, 0.15) is 18.4 Å². The number of methoxy groups -OCH3 is 2. The molecule has 0 heterocycles. The highest BCUT2D eigenvalue weighted by Crippen LogP contribution is 2.32. The average Bonchev–Trinajstić information content (AvgIpc) is 3.10. The summed E-state index contributed by atoms with van der Waals surface area (Å²) in [5.74, 6) is -1.06. The molecule has 0 aliphatic carbocycles. The van der Waals surface area contributed by atoms with Gasteiger partial charge in [0.15, 0.2) is 11.5 Å². The molecule has 0 spiro atoms. The van der Waals surface area contributed by atoms with Gasteiger partial charge in [-0.25, -0.2) is 12.8 Å². The highest BCUT2D eigenvalue weighted by Gasteiger charge is 2.35. The number of benzene rings is 4. The van der Waals surface area contributed by atoms with Crippen LogP contribution in [0.5, 0.6) is 11.5 Å². The highest BCUT2D eigenvalue weighted by molar-refractivity contribution is 9.10. The van der Waals surface area contributed by atoms with E-state index in [1.165, 1.54) is 49.5 Å². The zero-order chi connectivity index (χ0) is 34.7. The number of anilines is 1. The Balaban J connectivity index is 1.80. The second-order valence-electron chi connectivity index (χ2n) is 11.0. The Hall–Kier alpha value is -4.42. The molecule has 4 aromatic carbocycles. The summed E-state index contributed by atoms with van der Waals surface area (Å²) in [6, 6.07) is 24.6. The predicted molar refractivity (Wildman–Crippen MR) is 187 cm³/mol. The van der Waals surface area contributed by atoms with Crippen molar-refractivity contribution in [3.8, 4) is 11.5 Å². The lowest BCUT2D eigenvalue weighted by Crippen LogP contribution is -2.53. The number of ether oxygens (including phenoxy) is 2. The number of nitrogens with one attached hydrogen (secondary N) is 1. The first-order valence-corrected chi connectivity index (χ1v) is 17.7. The van der Waals surface area contributed by atoms with Gasteiger partial charge in [0.25, 0.3) is 10.0 Å². The zero-order valence-corrected chi connectivity index (χ0v) is 29.5. The van der Waals surface area contributed by atoms with E-state index in [4.69, 9.17) is 9.47 Å². The van der Waals surface area contributed by atoms with Crippen molar-refractivity contribution in [3.63, 3.8) is 0 Å². The number of unbranched alkanes of at least 4 members (excludes halogenated alkanes) is 1. The van der Waals surface area contributed by atoms with Crippen molar-refractivity contribution in [2.45, 2.75) is 43.7 Å². The van der Waals surface area contributed by atoms with Gasteiger partial charge in [0.2, 0.25) is 11.8 Å². The topological polar surface area (TPSA) is 105 Å². The molecule has 0 aliphatic rings. The van der Waals surface area contributed by atoms with Crippen LogP contribution < -0.4 is 19.1 Å². The molecule has 48 heavy (non-hydrogen) atoms. The van der Waals surface area contributed by atoms with E-state index in [-0.39, 0.29) is 35.2 Å². The standard InChI is InChI=1S/C36H39BrFN3O6S/c1-4-5-21-39-36(43)32(22-26-9-7-6-8-10-26)40(24-27-11-13-28(37)14-12-27)35(42)25-41(30-17-15-29(38)16-18-30)48(44,45)31-19-20-33(46-2)34(23-31)47-3/h6-20,23,32H,4-5,21-22,24-25H2,1-3H3,(H,39,43). The van der Waals surface area contributed by atoms with E-state index in [0.29, 0.717) is 12.3 Å². The third-order valence-corrected chi connectivity index (χ3v) is 10.0. The number of rotatable bonds is 16. The van der Waals surface area contributed by atoms with Crippen LogP contribution in [0.3, 0.4) is 0 Å². The number of carbonyl (C=O) groups excluding carboxylic acids is 2. The normalized spacial score (nSPS) is 11.8. The summed E-state index contributed by atoms with van der Waals surface area (Å²) >= 11 is 3.44. The molecule has 1 atom stereocenters. The molecule has 254 valence electrons. The molecule has 0 aromatic heterocycles. The molecule has 0 fully saturated rings. The van der Waals surface area contributed by atoms with Gasteiger partial charge in [0.05, 0.1) is 24.8 Å². The van der Waals surface area contributed by atoms with Crippen LogP contribution in [0.4, 0.5) is 10.1 Å². The van der Waals surface area contributed by atoms with Crippen LogP contribution >= 0.6 is 15.9 Å². The number of hydrogen-bond donors (Lipinski definition) is 1. The molecule has 9 nitrogen and oxygen atoms in total. The van der Waals surface area contributed by atoms with E-state index in [2.05, 4.69) is 21.2 Å². The number of amides is 2. The van der Waals surface area contributed by atoms with Crippen LogP contribution in [0.1, 0.15) is 30.9 Å². The lowest BCUT2D eigenvalue weighted by Gasteiger charge is -2.34. The van der Waals surface area contributed by atoms with Crippen LogP contribution in [-0.2, 0) is 32.6 Å². The van der Waals surface area contributed by atoms with Crippen LogP contribution in [-0.4, -0.2) is 58.5 Å². The SMILES string of the molecule is CCCCNC(=O)C(Cc1ccccc1)N(Cc1ccc(Br)cc1)C(=O)CN(c1ccc(F)cc1)S(=O)(=O)c1ccc(OC)c(OC)c1. The smallest absolute Gasteiger partial charge is 0.264 e.